The molecule has 0 atom stereocenters. The Morgan fingerprint density at radius 3 is 2.25 bits per heavy atom. The first-order chi connectivity index (χ1) is 9.23. The van der Waals surface area contributed by atoms with Gasteiger partial charge >= 0.3 is 5.97 Å². The monoisotopic (exact) mass is 299 g/mol. The van der Waals surface area contributed by atoms with Gasteiger partial charge in [0, 0.05) is 13.1 Å². The Kier molecular flexibility index (Phi) is 5.71. The Morgan fingerprint density at radius 1 is 1.25 bits per heavy atom. The molecule has 0 saturated heterocycles. The standard InChI is InChI=1S/C14H21NO4S/c1-11(2)10-15(9-8-14(16)17)20(18,19)13-6-4-12(3)5-7-13/h4-7,11H,8-10H2,1-3H3,(H,16,17). The van der Waals surface area contributed by atoms with Gasteiger partial charge in [0.2, 0.25) is 10.0 Å². The number of carboxylic acids is 1. The largest absolute Gasteiger partial charge is 0.481 e. The molecule has 5 nitrogen and oxygen atoms in total. The highest BCUT2D eigenvalue weighted by Gasteiger charge is 2.25. The Balaban J connectivity index is 3.03. The molecule has 20 heavy (non-hydrogen) atoms. The summed E-state index contributed by atoms with van der Waals surface area (Å²) in [5.41, 5.74) is 0.977. The number of hydrogen-bond donors (Lipinski definition) is 1. The van der Waals surface area contributed by atoms with Crippen LogP contribution in [-0.2, 0) is 14.8 Å². The summed E-state index contributed by atoms with van der Waals surface area (Å²) in [4.78, 5) is 10.9. The molecule has 1 aromatic rings. The van der Waals surface area contributed by atoms with Crippen molar-refractivity contribution < 1.29 is 18.3 Å². The number of carbonyl (C=O) groups is 1. The highest BCUT2D eigenvalue weighted by atomic mass is 32.2. The third kappa shape index (κ3) is 4.61. The fraction of sp³-hybridized carbons (Fsp3) is 0.500. The zero-order chi connectivity index (χ0) is 15.3. The number of nitrogens with zero attached hydrogens (tertiary/aromatic N) is 1. The van der Waals surface area contributed by atoms with Gasteiger partial charge in [-0.05, 0) is 25.0 Å². The van der Waals surface area contributed by atoms with E-state index >= 15 is 0 Å². The third-order valence-electron chi connectivity index (χ3n) is 2.80. The lowest BCUT2D eigenvalue weighted by molar-refractivity contribution is -0.137. The maximum absolute atomic E-state index is 12.5. The van der Waals surface area contributed by atoms with E-state index in [1.54, 1.807) is 24.3 Å². The van der Waals surface area contributed by atoms with E-state index in [0.717, 1.165) is 5.56 Å². The lowest BCUT2D eigenvalue weighted by atomic mass is 10.2. The van der Waals surface area contributed by atoms with Crippen molar-refractivity contribution in [3.63, 3.8) is 0 Å². The molecule has 1 aromatic carbocycles. The van der Waals surface area contributed by atoms with Gasteiger partial charge in [-0.2, -0.15) is 4.31 Å². The second-order valence-corrected chi connectivity index (χ2v) is 7.15. The minimum absolute atomic E-state index is 0.0102. The summed E-state index contributed by atoms with van der Waals surface area (Å²) in [6, 6.07) is 6.58. The minimum atomic E-state index is -3.64. The fourth-order valence-electron chi connectivity index (χ4n) is 1.80. The molecule has 0 saturated carbocycles. The highest BCUT2D eigenvalue weighted by molar-refractivity contribution is 7.89. The van der Waals surface area contributed by atoms with Crippen molar-refractivity contribution in [2.75, 3.05) is 13.1 Å². The van der Waals surface area contributed by atoms with Crippen LogP contribution < -0.4 is 0 Å². The van der Waals surface area contributed by atoms with Crippen LogP contribution in [0.2, 0.25) is 0 Å². The van der Waals surface area contributed by atoms with Gasteiger partial charge in [0.1, 0.15) is 0 Å². The van der Waals surface area contributed by atoms with Crippen molar-refractivity contribution in [1.29, 1.82) is 0 Å². The normalized spacial score (nSPS) is 12.1. The quantitative estimate of drug-likeness (QED) is 0.837. The van der Waals surface area contributed by atoms with Crippen LogP contribution >= 0.6 is 0 Å². The van der Waals surface area contributed by atoms with E-state index < -0.39 is 16.0 Å². The molecule has 0 aliphatic carbocycles. The average molecular weight is 299 g/mol. The van der Waals surface area contributed by atoms with Gasteiger partial charge in [-0.3, -0.25) is 4.79 Å². The zero-order valence-corrected chi connectivity index (χ0v) is 12.9. The van der Waals surface area contributed by atoms with Crippen molar-refractivity contribution in [3.8, 4) is 0 Å². The molecule has 1 rings (SSSR count). The Bertz CT molecular complexity index is 549. The second kappa shape index (κ2) is 6.85. The topological polar surface area (TPSA) is 74.7 Å². The summed E-state index contributed by atoms with van der Waals surface area (Å²) in [5, 5.41) is 8.75. The van der Waals surface area contributed by atoms with E-state index in [2.05, 4.69) is 0 Å². The van der Waals surface area contributed by atoms with Crippen molar-refractivity contribution in [3.05, 3.63) is 29.8 Å². The minimum Gasteiger partial charge on any atom is -0.481 e. The van der Waals surface area contributed by atoms with Crippen molar-refractivity contribution >= 4 is 16.0 Å². The molecule has 0 bridgehead atoms. The maximum Gasteiger partial charge on any atom is 0.304 e. The van der Waals surface area contributed by atoms with E-state index in [0.29, 0.717) is 6.54 Å². The van der Waals surface area contributed by atoms with E-state index in [1.807, 2.05) is 20.8 Å². The molecular weight excluding hydrogens is 278 g/mol. The van der Waals surface area contributed by atoms with Crippen LogP contribution in [0.15, 0.2) is 29.2 Å². The molecule has 0 aromatic heterocycles. The number of carboxylic acid groups (broad SMARTS) is 1. The Labute approximate surface area is 120 Å². The first-order valence-corrected chi connectivity index (χ1v) is 7.96. The van der Waals surface area contributed by atoms with Gasteiger partial charge in [0.25, 0.3) is 0 Å². The number of hydrogen-bond acceptors (Lipinski definition) is 3. The second-order valence-electron chi connectivity index (χ2n) is 5.21. The molecule has 0 amide bonds. The summed E-state index contributed by atoms with van der Waals surface area (Å²) in [7, 11) is -3.64. The summed E-state index contributed by atoms with van der Waals surface area (Å²) in [6.45, 7) is 5.98. The fourth-order valence-corrected chi connectivity index (χ4v) is 3.40. The third-order valence-corrected chi connectivity index (χ3v) is 4.68. The van der Waals surface area contributed by atoms with Crippen LogP contribution in [0, 0.1) is 12.8 Å². The molecule has 0 heterocycles. The van der Waals surface area contributed by atoms with Crippen LogP contribution in [0.5, 0.6) is 0 Å². The lowest BCUT2D eigenvalue weighted by Gasteiger charge is -2.23. The van der Waals surface area contributed by atoms with Crippen molar-refractivity contribution in [1.82, 2.24) is 4.31 Å². The molecule has 6 heteroatoms. The van der Waals surface area contributed by atoms with Crippen LogP contribution in [0.25, 0.3) is 0 Å². The SMILES string of the molecule is Cc1ccc(S(=O)(=O)N(CCC(=O)O)CC(C)C)cc1. The molecular formula is C14H21NO4S. The number of aliphatic carboxylic acids is 1. The number of aryl methyl sites for hydroxylation is 1. The van der Waals surface area contributed by atoms with Gasteiger partial charge in [-0.15, -0.1) is 0 Å². The zero-order valence-electron chi connectivity index (χ0n) is 12.0. The Hall–Kier alpha value is -1.40. The number of rotatable bonds is 7. The molecule has 0 aliphatic rings. The maximum atomic E-state index is 12.5. The molecule has 0 fully saturated rings. The van der Waals surface area contributed by atoms with Gasteiger partial charge in [-0.25, -0.2) is 8.42 Å². The van der Waals surface area contributed by atoms with Gasteiger partial charge in [-0.1, -0.05) is 31.5 Å². The highest BCUT2D eigenvalue weighted by Crippen LogP contribution is 2.18. The van der Waals surface area contributed by atoms with Crippen LogP contribution in [0.4, 0.5) is 0 Å². The molecule has 1 N–H and O–H groups in total. The summed E-state index contributed by atoms with van der Waals surface area (Å²) < 4.78 is 26.3. The van der Waals surface area contributed by atoms with Crippen LogP contribution in [0.3, 0.4) is 0 Å². The number of benzene rings is 1. The molecule has 0 radical (unpaired) electrons. The van der Waals surface area contributed by atoms with Gasteiger partial charge in [0.05, 0.1) is 11.3 Å². The van der Waals surface area contributed by atoms with Gasteiger partial charge in [0.15, 0.2) is 0 Å². The molecule has 0 spiro atoms. The Morgan fingerprint density at radius 2 is 1.80 bits per heavy atom. The van der Waals surface area contributed by atoms with Crippen LogP contribution in [-0.4, -0.2) is 36.9 Å². The molecule has 112 valence electrons. The van der Waals surface area contributed by atoms with Gasteiger partial charge < -0.3 is 5.11 Å². The first kappa shape index (κ1) is 16.7. The van der Waals surface area contributed by atoms with Crippen molar-refractivity contribution in [2.24, 2.45) is 5.92 Å². The van der Waals surface area contributed by atoms with Crippen LogP contribution in [0.1, 0.15) is 25.8 Å². The van der Waals surface area contributed by atoms with E-state index in [9.17, 15) is 13.2 Å². The predicted octanol–water partition coefficient (Wildman–Crippen LogP) is 2.12. The van der Waals surface area contributed by atoms with E-state index in [-0.39, 0.29) is 23.8 Å². The number of sulfonamides is 1. The molecule has 0 aliphatic heterocycles. The average Bonchev–Trinajstić information content (AvgIpc) is 2.34. The first-order valence-electron chi connectivity index (χ1n) is 6.52. The predicted molar refractivity (Wildman–Crippen MR) is 77.0 cm³/mol. The van der Waals surface area contributed by atoms with E-state index in [1.165, 1.54) is 4.31 Å². The molecule has 0 unspecified atom stereocenters. The smallest absolute Gasteiger partial charge is 0.304 e. The lowest BCUT2D eigenvalue weighted by Crippen LogP contribution is -2.36. The summed E-state index contributed by atoms with van der Waals surface area (Å²) in [6.07, 6.45) is -0.197. The van der Waals surface area contributed by atoms with Crippen molar-refractivity contribution in [2.45, 2.75) is 32.1 Å². The summed E-state index contributed by atoms with van der Waals surface area (Å²) >= 11 is 0. The van der Waals surface area contributed by atoms with E-state index in [4.69, 9.17) is 5.11 Å². The summed E-state index contributed by atoms with van der Waals surface area (Å²) in [5.74, 6) is -0.873.